The monoisotopic (exact) mass is 358 g/mol. The summed E-state index contributed by atoms with van der Waals surface area (Å²) in [5, 5.41) is 0. The molecule has 0 saturated heterocycles. The van der Waals surface area contributed by atoms with Crippen molar-refractivity contribution >= 4 is 0 Å². The second kappa shape index (κ2) is 9.00. The molecule has 0 aromatic carbocycles. The van der Waals surface area contributed by atoms with E-state index in [-0.39, 0.29) is 0 Å². The quantitative estimate of drug-likeness (QED) is 0.476. The SMILES string of the molecule is CC1CCC(C2CCC(C3CCC(C4CCC(C)CC4)CC3)CC2)CC1. The molecule has 0 heterocycles. The van der Waals surface area contributed by atoms with Gasteiger partial charge in [-0.25, -0.2) is 0 Å². The highest BCUT2D eigenvalue weighted by Crippen LogP contribution is 2.48. The van der Waals surface area contributed by atoms with Crippen molar-refractivity contribution in [2.75, 3.05) is 0 Å². The molecule has 0 radical (unpaired) electrons. The van der Waals surface area contributed by atoms with E-state index >= 15 is 0 Å². The van der Waals surface area contributed by atoms with E-state index in [9.17, 15) is 0 Å². The van der Waals surface area contributed by atoms with Crippen LogP contribution in [0.1, 0.15) is 117 Å². The zero-order chi connectivity index (χ0) is 17.9. The molecule has 0 aliphatic heterocycles. The minimum atomic E-state index is 1.02. The van der Waals surface area contributed by atoms with Crippen LogP contribution >= 0.6 is 0 Å². The van der Waals surface area contributed by atoms with Crippen LogP contribution in [0.4, 0.5) is 0 Å². The Bertz CT molecular complexity index is 354. The first kappa shape index (κ1) is 19.3. The molecule has 0 bridgehead atoms. The highest BCUT2D eigenvalue weighted by molar-refractivity contribution is 4.87. The van der Waals surface area contributed by atoms with Crippen molar-refractivity contribution in [2.45, 2.75) is 117 Å². The van der Waals surface area contributed by atoms with Gasteiger partial charge in [-0.15, -0.1) is 0 Å². The molecular formula is C26H46. The van der Waals surface area contributed by atoms with Gasteiger partial charge in [0.2, 0.25) is 0 Å². The average molecular weight is 359 g/mol. The standard InChI is InChI=1S/C26H46/c1-19-3-7-21(8-4-19)23-11-15-25(16-12-23)26-17-13-24(14-18-26)22-9-5-20(2)6-10-22/h19-26H,3-18H2,1-2H3. The molecular weight excluding hydrogens is 312 g/mol. The Labute approximate surface area is 164 Å². The lowest BCUT2D eigenvalue weighted by atomic mass is 9.63. The largest absolute Gasteiger partial charge is 0.0625 e. The molecule has 0 aromatic heterocycles. The van der Waals surface area contributed by atoms with Crippen molar-refractivity contribution < 1.29 is 0 Å². The Morgan fingerprint density at radius 3 is 0.615 bits per heavy atom. The number of rotatable bonds is 3. The van der Waals surface area contributed by atoms with E-state index in [0.29, 0.717) is 0 Å². The minimum Gasteiger partial charge on any atom is -0.0625 e. The van der Waals surface area contributed by atoms with E-state index in [1.165, 1.54) is 25.7 Å². The maximum absolute atomic E-state index is 2.47. The lowest BCUT2D eigenvalue weighted by Crippen LogP contribution is -2.31. The first-order valence-corrected chi connectivity index (χ1v) is 12.7. The van der Waals surface area contributed by atoms with Crippen molar-refractivity contribution in [2.24, 2.45) is 47.3 Å². The topological polar surface area (TPSA) is 0 Å². The molecule has 0 unspecified atom stereocenters. The molecule has 4 aliphatic rings. The van der Waals surface area contributed by atoms with E-state index < -0.39 is 0 Å². The molecule has 26 heavy (non-hydrogen) atoms. The molecule has 0 N–H and O–H groups in total. The first-order valence-electron chi connectivity index (χ1n) is 12.7. The van der Waals surface area contributed by atoms with E-state index in [0.717, 1.165) is 47.3 Å². The normalized spacial score (nSPS) is 48.2. The molecule has 4 aliphatic carbocycles. The summed E-state index contributed by atoms with van der Waals surface area (Å²) in [7, 11) is 0. The molecule has 150 valence electrons. The molecule has 0 heteroatoms. The summed E-state index contributed by atoms with van der Waals surface area (Å²) in [6, 6.07) is 0. The summed E-state index contributed by atoms with van der Waals surface area (Å²) in [5.74, 6) is 8.70. The van der Waals surface area contributed by atoms with E-state index in [1.54, 1.807) is 77.0 Å². The van der Waals surface area contributed by atoms with Crippen molar-refractivity contribution in [3.05, 3.63) is 0 Å². The third kappa shape index (κ3) is 4.70. The summed E-state index contributed by atoms with van der Waals surface area (Å²) in [6.07, 6.45) is 25.0. The summed E-state index contributed by atoms with van der Waals surface area (Å²) >= 11 is 0. The lowest BCUT2D eigenvalue weighted by molar-refractivity contribution is 0.0876. The van der Waals surface area contributed by atoms with Gasteiger partial charge >= 0.3 is 0 Å². The summed E-state index contributed by atoms with van der Waals surface area (Å²) in [5.41, 5.74) is 0. The van der Waals surface area contributed by atoms with Gasteiger partial charge in [-0.1, -0.05) is 39.5 Å². The third-order valence-corrected chi connectivity index (χ3v) is 9.75. The second-order valence-corrected chi connectivity index (χ2v) is 11.4. The summed E-state index contributed by atoms with van der Waals surface area (Å²) < 4.78 is 0. The Hall–Kier alpha value is 0. The van der Waals surface area contributed by atoms with Gasteiger partial charge in [0.1, 0.15) is 0 Å². The summed E-state index contributed by atoms with van der Waals surface area (Å²) in [4.78, 5) is 0. The Balaban J connectivity index is 1.18. The third-order valence-electron chi connectivity index (χ3n) is 9.75. The van der Waals surface area contributed by atoms with E-state index in [1.807, 2.05) is 0 Å². The molecule has 0 amide bonds. The van der Waals surface area contributed by atoms with Crippen LogP contribution < -0.4 is 0 Å². The van der Waals surface area contributed by atoms with Crippen molar-refractivity contribution in [1.29, 1.82) is 0 Å². The van der Waals surface area contributed by atoms with Crippen LogP contribution in [0.25, 0.3) is 0 Å². The molecule has 0 spiro atoms. The van der Waals surface area contributed by atoms with Crippen molar-refractivity contribution in [1.82, 2.24) is 0 Å². The maximum atomic E-state index is 2.47. The Morgan fingerprint density at radius 1 is 0.269 bits per heavy atom. The molecule has 0 nitrogen and oxygen atoms in total. The van der Waals surface area contributed by atoms with E-state index in [2.05, 4.69) is 13.8 Å². The molecule has 0 atom stereocenters. The van der Waals surface area contributed by atoms with Gasteiger partial charge in [0.05, 0.1) is 0 Å². The van der Waals surface area contributed by atoms with Gasteiger partial charge < -0.3 is 0 Å². The zero-order valence-corrected chi connectivity index (χ0v) is 17.9. The summed E-state index contributed by atoms with van der Waals surface area (Å²) in [6.45, 7) is 4.94. The molecule has 4 saturated carbocycles. The van der Waals surface area contributed by atoms with Crippen LogP contribution in [-0.2, 0) is 0 Å². The van der Waals surface area contributed by atoms with Crippen LogP contribution in [-0.4, -0.2) is 0 Å². The zero-order valence-electron chi connectivity index (χ0n) is 17.9. The highest BCUT2D eigenvalue weighted by Gasteiger charge is 2.36. The Morgan fingerprint density at radius 2 is 0.423 bits per heavy atom. The number of hydrogen-bond donors (Lipinski definition) is 0. The van der Waals surface area contributed by atoms with E-state index in [4.69, 9.17) is 0 Å². The molecule has 0 aromatic rings. The second-order valence-electron chi connectivity index (χ2n) is 11.4. The fourth-order valence-electron chi connectivity index (χ4n) is 7.69. The predicted molar refractivity (Wildman–Crippen MR) is 113 cm³/mol. The fraction of sp³-hybridized carbons (Fsp3) is 1.00. The Kier molecular flexibility index (Phi) is 6.69. The molecule has 4 fully saturated rings. The number of hydrogen-bond acceptors (Lipinski definition) is 0. The van der Waals surface area contributed by atoms with Crippen LogP contribution in [0.3, 0.4) is 0 Å². The highest BCUT2D eigenvalue weighted by atomic mass is 14.4. The van der Waals surface area contributed by atoms with Crippen LogP contribution in [0.2, 0.25) is 0 Å². The van der Waals surface area contributed by atoms with Crippen LogP contribution in [0.15, 0.2) is 0 Å². The van der Waals surface area contributed by atoms with Gasteiger partial charge in [0, 0.05) is 0 Å². The predicted octanol–water partition coefficient (Wildman–Crippen LogP) is 8.25. The van der Waals surface area contributed by atoms with Gasteiger partial charge in [-0.05, 0) is 124 Å². The van der Waals surface area contributed by atoms with Gasteiger partial charge in [-0.2, -0.15) is 0 Å². The van der Waals surface area contributed by atoms with Crippen LogP contribution in [0.5, 0.6) is 0 Å². The lowest BCUT2D eigenvalue weighted by Gasteiger charge is -2.42. The smallest absolute Gasteiger partial charge is 0.0386 e. The average Bonchev–Trinajstić information content (AvgIpc) is 2.70. The first-order chi connectivity index (χ1) is 12.7. The fourth-order valence-corrected chi connectivity index (χ4v) is 7.69. The van der Waals surface area contributed by atoms with Crippen molar-refractivity contribution in [3.63, 3.8) is 0 Å². The van der Waals surface area contributed by atoms with Crippen molar-refractivity contribution in [3.8, 4) is 0 Å². The van der Waals surface area contributed by atoms with Gasteiger partial charge in [0.25, 0.3) is 0 Å². The minimum absolute atomic E-state index is 1.02. The van der Waals surface area contributed by atoms with Crippen LogP contribution in [0, 0.1) is 47.3 Å². The molecule has 4 rings (SSSR count). The van der Waals surface area contributed by atoms with Gasteiger partial charge in [0.15, 0.2) is 0 Å². The van der Waals surface area contributed by atoms with Gasteiger partial charge in [-0.3, -0.25) is 0 Å². The maximum Gasteiger partial charge on any atom is -0.0386 e.